The van der Waals surface area contributed by atoms with Crippen LogP contribution in [0.15, 0.2) is 0 Å². The normalized spacial score (nSPS) is 9.93. The van der Waals surface area contributed by atoms with Crippen molar-refractivity contribution in [3.05, 3.63) is 5.56 Å². The number of phenolic OH excluding ortho intramolecular Hbond substituents is 2. The average molecular weight is 216 g/mol. The van der Waals surface area contributed by atoms with Gasteiger partial charge in [0.05, 0.1) is 7.11 Å². The van der Waals surface area contributed by atoms with Gasteiger partial charge < -0.3 is 30.3 Å². The zero-order chi connectivity index (χ0) is 11.7. The summed E-state index contributed by atoms with van der Waals surface area (Å²) in [7, 11) is 1.06. The van der Waals surface area contributed by atoms with Crippen molar-refractivity contribution in [3.63, 3.8) is 0 Å². The van der Waals surface area contributed by atoms with E-state index in [1.807, 2.05) is 0 Å². The number of aromatic carboxylic acids is 1. The minimum atomic E-state index is -1.70. The summed E-state index contributed by atoms with van der Waals surface area (Å²) in [5.41, 5.74) is -0.995. The van der Waals surface area contributed by atoms with Crippen LogP contribution in [0.1, 0.15) is 10.4 Å². The quantitative estimate of drug-likeness (QED) is 0.353. The molecular formula is C8H8O7. The lowest BCUT2D eigenvalue weighted by Crippen LogP contribution is -1.99. The van der Waals surface area contributed by atoms with Crippen molar-refractivity contribution < 1.29 is 35.1 Å². The first-order chi connectivity index (χ1) is 6.91. The summed E-state index contributed by atoms with van der Waals surface area (Å²) >= 11 is 0. The van der Waals surface area contributed by atoms with Gasteiger partial charge in [-0.05, 0) is 0 Å². The molecule has 0 amide bonds. The van der Waals surface area contributed by atoms with Crippen molar-refractivity contribution in [3.8, 4) is 28.7 Å². The number of aromatic hydroxyl groups is 4. The summed E-state index contributed by atoms with van der Waals surface area (Å²) in [6.07, 6.45) is 0. The number of hydrogen-bond donors (Lipinski definition) is 5. The Morgan fingerprint density at radius 3 is 1.67 bits per heavy atom. The third kappa shape index (κ3) is 1.43. The largest absolute Gasteiger partial charge is 0.503 e. The molecule has 0 bridgehead atoms. The lowest BCUT2D eigenvalue weighted by Gasteiger charge is -2.11. The first kappa shape index (κ1) is 10.8. The molecule has 1 rings (SSSR count). The van der Waals surface area contributed by atoms with Crippen molar-refractivity contribution in [2.75, 3.05) is 7.11 Å². The first-order valence-corrected chi connectivity index (χ1v) is 3.68. The molecule has 15 heavy (non-hydrogen) atoms. The molecule has 0 aliphatic rings. The fourth-order valence-corrected chi connectivity index (χ4v) is 1.07. The Morgan fingerprint density at radius 1 is 1.00 bits per heavy atom. The van der Waals surface area contributed by atoms with Crippen LogP contribution in [0.25, 0.3) is 0 Å². The number of benzene rings is 1. The van der Waals surface area contributed by atoms with Gasteiger partial charge in [0.15, 0.2) is 17.1 Å². The Hall–Kier alpha value is -2.31. The van der Waals surface area contributed by atoms with Crippen LogP contribution in [0.3, 0.4) is 0 Å². The topological polar surface area (TPSA) is 127 Å². The molecule has 1 aromatic rings. The fourth-order valence-electron chi connectivity index (χ4n) is 1.07. The molecule has 1 aromatic carbocycles. The van der Waals surface area contributed by atoms with E-state index < -0.39 is 40.3 Å². The second kappa shape index (κ2) is 3.45. The molecule has 82 valence electrons. The number of rotatable bonds is 2. The summed E-state index contributed by atoms with van der Waals surface area (Å²) < 4.78 is 4.46. The van der Waals surface area contributed by atoms with Gasteiger partial charge in [0, 0.05) is 0 Å². The standard InChI is InChI=1S/C8H8O7/c1-15-7-5(11)3(9)2(8(13)14)4(10)6(7)12/h9-12H,1H3,(H,13,14). The average Bonchev–Trinajstić information content (AvgIpc) is 2.16. The van der Waals surface area contributed by atoms with Gasteiger partial charge in [-0.2, -0.15) is 0 Å². The molecule has 0 aliphatic carbocycles. The minimum absolute atomic E-state index is 0.602. The Morgan fingerprint density at radius 2 is 1.40 bits per heavy atom. The predicted molar refractivity (Wildman–Crippen MR) is 46.6 cm³/mol. The summed E-state index contributed by atoms with van der Waals surface area (Å²) in [4.78, 5) is 10.6. The molecule has 0 atom stereocenters. The molecule has 7 nitrogen and oxygen atoms in total. The molecule has 0 saturated carbocycles. The predicted octanol–water partition coefficient (Wildman–Crippen LogP) is 0.216. The molecule has 0 saturated heterocycles. The SMILES string of the molecule is COc1c(O)c(O)c(C(=O)O)c(O)c1O. The minimum Gasteiger partial charge on any atom is -0.503 e. The maximum Gasteiger partial charge on any atom is 0.343 e. The number of carboxylic acid groups (broad SMARTS) is 1. The molecule has 0 aromatic heterocycles. The molecule has 0 unspecified atom stereocenters. The maximum absolute atomic E-state index is 10.6. The van der Waals surface area contributed by atoms with Crippen molar-refractivity contribution in [1.82, 2.24) is 0 Å². The van der Waals surface area contributed by atoms with Gasteiger partial charge in [-0.25, -0.2) is 4.79 Å². The number of methoxy groups -OCH3 is 1. The highest BCUT2D eigenvalue weighted by Gasteiger charge is 2.27. The van der Waals surface area contributed by atoms with Gasteiger partial charge in [-0.3, -0.25) is 0 Å². The summed E-state index contributed by atoms with van der Waals surface area (Å²) in [6.45, 7) is 0. The van der Waals surface area contributed by atoms with Gasteiger partial charge in [0.25, 0.3) is 0 Å². The third-order valence-electron chi connectivity index (χ3n) is 1.77. The summed E-state index contributed by atoms with van der Waals surface area (Å²) in [6, 6.07) is 0. The fraction of sp³-hybridized carbons (Fsp3) is 0.125. The van der Waals surface area contributed by atoms with Crippen molar-refractivity contribution in [2.24, 2.45) is 0 Å². The highest BCUT2D eigenvalue weighted by atomic mass is 16.5. The molecule has 5 N–H and O–H groups in total. The molecular weight excluding hydrogens is 208 g/mol. The van der Waals surface area contributed by atoms with Gasteiger partial charge in [-0.1, -0.05) is 0 Å². The van der Waals surface area contributed by atoms with E-state index in [1.54, 1.807) is 0 Å². The van der Waals surface area contributed by atoms with Gasteiger partial charge >= 0.3 is 5.97 Å². The zero-order valence-corrected chi connectivity index (χ0v) is 7.55. The maximum atomic E-state index is 10.6. The molecule has 0 spiro atoms. The van der Waals surface area contributed by atoms with Crippen LogP contribution < -0.4 is 4.74 Å². The van der Waals surface area contributed by atoms with E-state index >= 15 is 0 Å². The first-order valence-electron chi connectivity index (χ1n) is 3.68. The van der Waals surface area contributed by atoms with Crippen LogP contribution in [-0.4, -0.2) is 38.6 Å². The Balaban J connectivity index is 3.66. The van der Waals surface area contributed by atoms with E-state index in [-0.39, 0.29) is 0 Å². The molecule has 7 heteroatoms. The highest BCUT2D eigenvalue weighted by Crippen LogP contribution is 2.51. The van der Waals surface area contributed by atoms with Crippen LogP contribution in [0.5, 0.6) is 28.7 Å². The Kier molecular flexibility index (Phi) is 2.47. The Labute approximate surface area is 83.4 Å². The van der Waals surface area contributed by atoms with Crippen LogP contribution >= 0.6 is 0 Å². The van der Waals surface area contributed by atoms with Gasteiger partial charge in [0.1, 0.15) is 0 Å². The smallest absolute Gasteiger partial charge is 0.343 e. The molecule has 0 aliphatic heterocycles. The molecule has 0 radical (unpaired) electrons. The lowest BCUT2D eigenvalue weighted by atomic mass is 10.1. The van der Waals surface area contributed by atoms with Crippen LogP contribution in [0, 0.1) is 0 Å². The number of phenols is 4. The number of carbonyl (C=O) groups is 1. The second-order valence-corrected chi connectivity index (χ2v) is 2.61. The van der Waals surface area contributed by atoms with E-state index in [9.17, 15) is 25.2 Å². The summed E-state index contributed by atoms with van der Waals surface area (Å²) in [5, 5.41) is 45.4. The van der Waals surface area contributed by atoms with Crippen LogP contribution in [-0.2, 0) is 0 Å². The molecule has 0 fully saturated rings. The van der Waals surface area contributed by atoms with Gasteiger partial charge in [0.2, 0.25) is 17.2 Å². The number of carboxylic acids is 1. The monoisotopic (exact) mass is 216 g/mol. The van der Waals surface area contributed by atoms with Crippen molar-refractivity contribution in [2.45, 2.75) is 0 Å². The second-order valence-electron chi connectivity index (χ2n) is 2.61. The van der Waals surface area contributed by atoms with Crippen molar-refractivity contribution >= 4 is 5.97 Å². The van der Waals surface area contributed by atoms with E-state index in [0.29, 0.717) is 0 Å². The lowest BCUT2D eigenvalue weighted by molar-refractivity contribution is 0.0688. The number of hydrogen-bond acceptors (Lipinski definition) is 6. The van der Waals surface area contributed by atoms with E-state index in [4.69, 9.17) is 5.11 Å². The molecule has 0 heterocycles. The highest BCUT2D eigenvalue weighted by molar-refractivity contribution is 5.97. The van der Waals surface area contributed by atoms with E-state index in [0.717, 1.165) is 7.11 Å². The van der Waals surface area contributed by atoms with E-state index in [2.05, 4.69) is 4.74 Å². The zero-order valence-electron chi connectivity index (χ0n) is 7.55. The van der Waals surface area contributed by atoms with Crippen LogP contribution in [0.2, 0.25) is 0 Å². The number of ether oxygens (including phenoxy) is 1. The van der Waals surface area contributed by atoms with E-state index in [1.165, 1.54) is 0 Å². The Bertz CT molecular complexity index is 394. The van der Waals surface area contributed by atoms with Crippen molar-refractivity contribution in [1.29, 1.82) is 0 Å². The summed E-state index contributed by atoms with van der Waals surface area (Å²) in [5.74, 6) is -6.35. The van der Waals surface area contributed by atoms with Crippen LogP contribution in [0.4, 0.5) is 0 Å². The third-order valence-corrected chi connectivity index (χ3v) is 1.77. The van der Waals surface area contributed by atoms with Gasteiger partial charge in [-0.15, -0.1) is 0 Å².